The molecule has 0 radical (unpaired) electrons. The number of hydrogen-bond donors (Lipinski definition) is 1. The molecule has 6 nitrogen and oxygen atoms in total. The third kappa shape index (κ3) is 2.29. The summed E-state index contributed by atoms with van der Waals surface area (Å²) in [5.74, 6) is 0.818. The molecule has 4 rings (SSSR count). The first-order chi connectivity index (χ1) is 10.8. The largest absolute Gasteiger partial charge is 0.311 e. The summed E-state index contributed by atoms with van der Waals surface area (Å²) in [5.41, 5.74) is 3.16. The van der Waals surface area contributed by atoms with E-state index in [0.717, 1.165) is 22.5 Å². The zero-order valence-electron chi connectivity index (χ0n) is 11.6. The van der Waals surface area contributed by atoms with Gasteiger partial charge in [-0.3, -0.25) is 9.78 Å². The number of fused-ring (bicyclic) bond motifs is 1. The molecule has 1 N–H and O–H groups in total. The number of anilines is 1. The number of hydrogen-bond acceptors (Lipinski definition) is 5. The standard InChI is InChI=1S/C15H13N5OS/c21-14-4-12(11-6-18-22-9-11)13-7-17-20(15(13)19-14)8-10-2-1-3-16-5-10/h1-3,5-7,9,12H,4,8H2,(H,19,21). The van der Waals surface area contributed by atoms with Crippen molar-refractivity contribution in [3.05, 3.63) is 59.0 Å². The summed E-state index contributed by atoms with van der Waals surface area (Å²) in [6, 6.07) is 3.88. The molecule has 0 aliphatic carbocycles. The summed E-state index contributed by atoms with van der Waals surface area (Å²) >= 11 is 1.40. The molecule has 1 amide bonds. The van der Waals surface area contributed by atoms with Gasteiger partial charge >= 0.3 is 0 Å². The van der Waals surface area contributed by atoms with E-state index < -0.39 is 0 Å². The Bertz CT molecular complexity index is 797. The number of nitrogens with one attached hydrogen (secondary N) is 1. The van der Waals surface area contributed by atoms with Crippen LogP contribution < -0.4 is 5.32 Å². The Kier molecular flexibility index (Phi) is 3.19. The van der Waals surface area contributed by atoms with Gasteiger partial charge in [-0.25, -0.2) is 9.06 Å². The number of rotatable bonds is 3. The van der Waals surface area contributed by atoms with Crippen molar-refractivity contribution in [1.82, 2.24) is 19.1 Å². The van der Waals surface area contributed by atoms with E-state index in [9.17, 15) is 4.79 Å². The second kappa shape index (κ2) is 5.34. The molecule has 3 aromatic heterocycles. The van der Waals surface area contributed by atoms with Crippen LogP contribution in [0.5, 0.6) is 0 Å². The molecule has 22 heavy (non-hydrogen) atoms. The second-order valence-corrected chi connectivity index (χ2v) is 5.89. The van der Waals surface area contributed by atoms with E-state index in [2.05, 4.69) is 19.8 Å². The topological polar surface area (TPSA) is 72.7 Å². The Balaban J connectivity index is 1.71. The molecule has 1 unspecified atom stereocenters. The van der Waals surface area contributed by atoms with Crippen molar-refractivity contribution >= 4 is 23.3 Å². The lowest BCUT2D eigenvalue weighted by Gasteiger charge is -2.22. The Morgan fingerprint density at radius 3 is 3.09 bits per heavy atom. The average molecular weight is 311 g/mol. The van der Waals surface area contributed by atoms with Crippen molar-refractivity contribution in [1.29, 1.82) is 0 Å². The third-order valence-electron chi connectivity index (χ3n) is 3.80. The highest BCUT2D eigenvalue weighted by Crippen LogP contribution is 2.37. The van der Waals surface area contributed by atoms with E-state index in [1.807, 2.05) is 34.6 Å². The summed E-state index contributed by atoms with van der Waals surface area (Å²) in [6.45, 7) is 0.581. The fourth-order valence-electron chi connectivity index (χ4n) is 2.74. The maximum Gasteiger partial charge on any atom is 0.226 e. The fraction of sp³-hybridized carbons (Fsp3) is 0.200. The number of nitrogens with zero attached hydrogens (tertiary/aromatic N) is 4. The van der Waals surface area contributed by atoms with Crippen LogP contribution in [0.25, 0.3) is 0 Å². The highest BCUT2D eigenvalue weighted by Gasteiger charge is 2.30. The van der Waals surface area contributed by atoms with E-state index in [1.165, 1.54) is 11.5 Å². The van der Waals surface area contributed by atoms with Crippen LogP contribution in [0.4, 0.5) is 5.82 Å². The molecular weight excluding hydrogens is 298 g/mol. The predicted molar refractivity (Wildman–Crippen MR) is 82.8 cm³/mol. The summed E-state index contributed by atoms with van der Waals surface area (Å²) in [7, 11) is 0. The first kappa shape index (κ1) is 13.1. The molecule has 0 spiro atoms. The molecule has 0 saturated carbocycles. The maximum atomic E-state index is 12.1. The third-order valence-corrected chi connectivity index (χ3v) is 4.40. The summed E-state index contributed by atoms with van der Waals surface area (Å²) in [6.07, 6.45) is 7.65. The molecule has 7 heteroatoms. The maximum absolute atomic E-state index is 12.1. The van der Waals surface area contributed by atoms with Crippen LogP contribution >= 0.6 is 11.5 Å². The number of pyridine rings is 1. The van der Waals surface area contributed by atoms with Gasteiger partial charge in [0.15, 0.2) is 0 Å². The van der Waals surface area contributed by atoms with Crippen LogP contribution in [-0.2, 0) is 11.3 Å². The van der Waals surface area contributed by atoms with E-state index in [0.29, 0.717) is 13.0 Å². The highest BCUT2D eigenvalue weighted by molar-refractivity contribution is 7.03. The smallest absolute Gasteiger partial charge is 0.226 e. The van der Waals surface area contributed by atoms with E-state index >= 15 is 0 Å². The van der Waals surface area contributed by atoms with Gasteiger partial charge in [-0.15, -0.1) is 0 Å². The van der Waals surface area contributed by atoms with E-state index in [4.69, 9.17) is 0 Å². The summed E-state index contributed by atoms with van der Waals surface area (Å²) in [4.78, 5) is 16.2. The molecule has 0 saturated heterocycles. The van der Waals surface area contributed by atoms with Crippen molar-refractivity contribution in [3.8, 4) is 0 Å². The van der Waals surface area contributed by atoms with Crippen LogP contribution in [0.3, 0.4) is 0 Å². The molecule has 3 aromatic rings. The van der Waals surface area contributed by atoms with Crippen LogP contribution in [0.15, 0.2) is 42.3 Å². The Morgan fingerprint density at radius 1 is 1.36 bits per heavy atom. The quantitative estimate of drug-likeness (QED) is 0.805. The monoisotopic (exact) mass is 311 g/mol. The van der Waals surface area contributed by atoms with Crippen LogP contribution in [0.1, 0.15) is 29.0 Å². The van der Waals surface area contributed by atoms with Crippen LogP contribution in [0.2, 0.25) is 0 Å². The van der Waals surface area contributed by atoms with E-state index in [1.54, 1.807) is 12.4 Å². The predicted octanol–water partition coefficient (Wildman–Crippen LogP) is 2.26. The molecule has 1 aliphatic heterocycles. The Morgan fingerprint density at radius 2 is 2.32 bits per heavy atom. The van der Waals surface area contributed by atoms with Crippen LogP contribution in [-0.4, -0.2) is 25.0 Å². The van der Waals surface area contributed by atoms with Crippen molar-refractivity contribution < 1.29 is 4.79 Å². The van der Waals surface area contributed by atoms with Crippen LogP contribution in [0, 0.1) is 0 Å². The van der Waals surface area contributed by atoms with Gasteiger partial charge in [0, 0.05) is 41.9 Å². The molecule has 4 heterocycles. The molecule has 0 bridgehead atoms. The molecule has 1 atom stereocenters. The number of aromatic nitrogens is 4. The van der Waals surface area contributed by atoms with Gasteiger partial charge in [-0.1, -0.05) is 6.07 Å². The first-order valence-corrected chi connectivity index (χ1v) is 7.78. The minimum absolute atomic E-state index is 0.0108. The first-order valence-electron chi connectivity index (χ1n) is 6.95. The summed E-state index contributed by atoms with van der Waals surface area (Å²) < 4.78 is 5.96. The molecule has 110 valence electrons. The van der Waals surface area contributed by atoms with Crippen molar-refractivity contribution in [2.75, 3.05) is 5.32 Å². The number of carbonyl (C=O) groups is 1. The lowest BCUT2D eigenvalue weighted by molar-refractivity contribution is -0.116. The summed E-state index contributed by atoms with van der Waals surface area (Å²) in [5, 5.41) is 9.38. The molecule has 1 aliphatic rings. The van der Waals surface area contributed by atoms with Gasteiger partial charge in [0.25, 0.3) is 0 Å². The highest BCUT2D eigenvalue weighted by atomic mass is 32.1. The number of amides is 1. The molecule has 0 aromatic carbocycles. The normalized spacial score (nSPS) is 17.1. The van der Waals surface area contributed by atoms with Gasteiger partial charge in [-0.05, 0) is 28.7 Å². The van der Waals surface area contributed by atoms with Gasteiger partial charge in [0.05, 0.1) is 12.7 Å². The SMILES string of the molecule is O=C1CC(c2cnsc2)c2cnn(Cc3cccnc3)c2N1. The number of carbonyl (C=O) groups excluding carboxylic acids is 1. The van der Waals surface area contributed by atoms with Gasteiger partial charge < -0.3 is 5.32 Å². The Labute approximate surface area is 131 Å². The zero-order valence-corrected chi connectivity index (χ0v) is 12.5. The van der Waals surface area contributed by atoms with Gasteiger partial charge in [0.2, 0.25) is 5.91 Å². The van der Waals surface area contributed by atoms with Gasteiger partial charge in [-0.2, -0.15) is 5.10 Å². The van der Waals surface area contributed by atoms with E-state index in [-0.39, 0.29) is 11.8 Å². The second-order valence-electron chi connectivity index (χ2n) is 5.23. The van der Waals surface area contributed by atoms with Gasteiger partial charge in [0.1, 0.15) is 5.82 Å². The van der Waals surface area contributed by atoms with Crippen molar-refractivity contribution in [3.63, 3.8) is 0 Å². The Hall–Kier alpha value is -2.54. The minimum Gasteiger partial charge on any atom is -0.311 e. The fourth-order valence-corrected chi connectivity index (χ4v) is 3.33. The van der Waals surface area contributed by atoms with Crippen molar-refractivity contribution in [2.45, 2.75) is 18.9 Å². The lowest BCUT2D eigenvalue weighted by atomic mass is 9.89. The lowest BCUT2D eigenvalue weighted by Crippen LogP contribution is -2.24. The molecular formula is C15H13N5OS. The van der Waals surface area contributed by atoms with Crippen molar-refractivity contribution in [2.24, 2.45) is 0 Å². The zero-order chi connectivity index (χ0) is 14.9. The minimum atomic E-state index is 0.0108. The molecule has 0 fully saturated rings. The average Bonchev–Trinajstić information content (AvgIpc) is 3.18.